The summed E-state index contributed by atoms with van der Waals surface area (Å²) in [6, 6.07) is 7.80. The number of carboxylic acid groups (broad SMARTS) is 1. The van der Waals surface area contributed by atoms with Crippen molar-refractivity contribution in [2.24, 2.45) is 11.3 Å². The number of hydrogen-bond donors (Lipinski definition) is 3. The fraction of sp³-hybridized carbons (Fsp3) is 0.519. The molecule has 2 aromatic rings. The first-order valence-corrected chi connectivity index (χ1v) is 12.6. The highest BCUT2D eigenvalue weighted by atomic mass is 19.1. The van der Waals surface area contributed by atoms with Gasteiger partial charge in [-0.25, -0.2) is 9.37 Å². The number of aromatic nitrogens is 1. The summed E-state index contributed by atoms with van der Waals surface area (Å²) in [5, 5.41) is 15.5. The average molecular weight is 497 g/mol. The SMILES string of the molecule is COc1ccc(C(CC(=O)O)NC(=O)C2CC3(C2)CN(CCc2ccc4c(n2)NCCC4)C3)cc1F. The molecule has 9 heteroatoms. The van der Waals surface area contributed by atoms with Crippen LogP contribution in [-0.2, 0) is 22.4 Å². The summed E-state index contributed by atoms with van der Waals surface area (Å²) in [6.07, 6.45) is 4.44. The molecule has 1 unspecified atom stereocenters. The molecule has 1 aromatic carbocycles. The third-order valence-corrected chi connectivity index (χ3v) is 7.76. The summed E-state index contributed by atoms with van der Waals surface area (Å²) >= 11 is 0. The number of hydrogen-bond acceptors (Lipinski definition) is 6. The van der Waals surface area contributed by atoms with E-state index in [0.717, 1.165) is 69.8 Å². The number of likely N-dealkylation sites (tertiary alicyclic amines) is 1. The van der Waals surface area contributed by atoms with Crippen LogP contribution in [-0.4, -0.2) is 60.2 Å². The number of rotatable bonds is 9. The van der Waals surface area contributed by atoms with Crippen LogP contribution in [0, 0.1) is 17.2 Å². The Morgan fingerprint density at radius 3 is 2.83 bits per heavy atom. The molecule has 1 aliphatic carbocycles. The number of aryl methyl sites for hydroxylation is 1. The van der Waals surface area contributed by atoms with E-state index in [1.54, 1.807) is 6.07 Å². The number of carboxylic acids is 1. The van der Waals surface area contributed by atoms with Crippen LogP contribution in [0.4, 0.5) is 10.2 Å². The van der Waals surface area contributed by atoms with Gasteiger partial charge in [0.25, 0.3) is 0 Å². The van der Waals surface area contributed by atoms with Gasteiger partial charge in [-0.05, 0) is 60.4 Å². The number of carbonyl (C=O) groups excluding carboxylic acids is 1. The normalized spacial score (nSPS) is 19.4. The van der Waals surface area contributed by atoms with Crippen molar-refractivity contribution >= 4 is 17.7 Å². The van der Waals surface area contributed by atoms with E-state index >= 15 is 0 Å². The number of fused-ring (bicyclic) bond motifs is 1. The Bertz CT molecular complexity index is 1140. The molecule has 1 saturated carbocycles. The Morgan fingerprint density at radius 1 is 1.31 bits per heavy atom. The van der Waals surface area contributed by atoms with Crippen molar-refractivity contribution in [2.75, 3.05) is 38.6 Å². The van der Waals surface area contributed by atoms with Gasteiger partial charge in [-0.1, -0.05) is 12.1 Å². The van der Waals surface area contributed by atoms with E-state index in [0.29, 0.717) is 5.56 Å². The predicted molar refractivity (Wildman–Crippen MR) is 132 cm³/mol. The van der Waals surface area contributed by atoms with Gasteiger partial charge in [0.05, 0.1) is 19.6 Å². The lowest BCUT2D eigenvalue weighted by molar-refractivity contribution is -0.145. The highest BCUT2D eigenvalue weighted by Gasteiger charge is 2.54. The Kier molecular flexibility index (Phi) is 6.83. The summed E-state index contributed by atoms with van der Waals surface area (Å²) in [7, 11) is 1.37. The summed E-state index contributed by atoms with van der Waals surface area (Å²) < 4.78 is 19.1. The van der Waals surface area contributed by atoms with Crippen LogP contribution in [0.25, 0.3) is 0 Å². The van der Waals surface area contributed by atoms with E-state index in [9.17, 15) is 19.1 Å². The second-order valence-corrected chi connectivity index (χ2v) is 10.5. The number of pyridine rings is 1. The molecular formula is C27H33FN4O4. The maximum atomic E-state index is 14.2. The summed E-state index contributed by atoms with van der Waals surface area (Å²) in [6.45, 7) is 3.89. The molecular weight excluding hydrogens is 463 g/mol. The lowest BCUT2D eigenvalue weighted by Crippen LogP contribution is -2.64. The maximum Gasteiger partial charge on any atom is 0.305 e. The van der Waals surface area contributed by atoms with Gasteiger partial charge in [-0.3, -0.25) is 9.59 Å². The van der Waals surface area contributed by atoms with E-state index in [2.05, 4.69) is 27.7 Å². The van der Waals surface area contributed by atoms with Gasteiger partial charge < -0.3 is 25.4 Å². The molecule has 2 fully saturated rings. The van der Waals surface area contributed by atoms with E-state index in [1.165, 1.54) is 24.8 Å². The Hall–Kier alpha value is -3.20. The van der Waals surface area contributed by atoms with E-state index < -0.39 is 17.8 Å². The van der Waals surface area contributed by atoms with Gasteiger partial charge in [0.2, 0.25) is 5.91 Å². The van der Waals surface area contributed by atoms with Crippen LogP contribution < -0.4 is 15.4 Å². The third kappa shape index (κ3) is 5.16. The quantitative estimate of drug-likeness (QED) is 0.490. The van der Waals surface area contributed by atoms with Crippen molar-refractivity contribution in [3.63, 3.8) is 0 Å². The number of nitrogens with zero attached hydrogens (tertiary/aromatic N) is 2. The van der Waals surface area contributed by atoms with Gasteiger partial charge in [0, 0.05) is 44.2 Å². The number of anilines is 1. The number of carbonyl (C=O) groups is 2. The maximum absolute atomic E-state index is 14.2. The highest BCUT2D eigenvalue weighted by Crippen LogP contribution is 2.52. The Labute approximate surface area is 210 Å². The number of benzene rings is 1. The van der Waals surface area contributed by atoms with Crippen molar-refractivity contribution in [1.29, 1.82) is 0 Å². The molecule has 1 atom stereocenters. The molecule has 36 heavy (non-hydrogen) atoms. The predicted octanol–water partition coefficient (Wildman–Crippen LogP) is 3.17. The van der Waals surface area contributed by atoms with Gasteiger partial charge in [-0.2, -0.15) is 0 Å². The van der Waals surface area contributed by atoms with Gasteiger partial charge >= 0.3 is 5.97 Å². The van der Waals surface area contributed by atoms with Crippen LogP contribution in [0.5, 0.6) is 5.75 Å². The van der Waals surface area contributed by atoms with Gasteiger partial charge in [-0.15, -0.1) is 0 Å². The summed E-state index contributed by atoms with van der Waals surface area (Å²) in [5.41, 5.74) is 3.00. The molecule has 3 heterocycles. The molecule has 2 aliphatic heterocycles. The number of aliphatic carboxylic acids is 1. The topological polar surface area (TPSA) is 104 Å². The summed E-state index contributed by atoms with van der Waals surface area (Å²) in [5.74, 6) is -0.828. The summed E-state index contributed by atoms with van der Waals surface area (Å²) in [4.78, 5) is 31.4. The second-order valence-electron chi connectivity index (χ2n) is 10.5. The zero-order valence-corrected chi connectivity index (χ0v) is 20.6. The fourth-order valence-electron chi connectivity index (χ4n) is 5.89. The number of halogens is 1. The minimum Gasteiger partial charge on any atom is -0.494 e. The first kappa shape index (κ1) is 24.5. The molecule has 0 bridgehead atoms. The number of amides is 1. The van der Waals surface area contributed by atoms with Crippen LogP contribution in [0.3, 0.4) is 0 Å². The van der Waals surface area contributed by atoms with E-state index in [4.69, 9.17) is 9.72 Å². The molecule has 1 spiro atoms. The molecule has 8 nitrogen and oxygen atoms in total. The Morgan fingerprint density at radius 2 is 2.11 bits per heavy atom. The fourth-order valence-corrected chi connectivity index (χ4v) is 5.89. The van der Waals surface area contributed by atoms with Crippen LogP contribution >= 0.6 is 0 Å². The minimum absolute atomic E-state index is 0.0775. The Balaban J connectivity index is 1.09. The largest absolute Gasteiger partial charge is 0.494 e. The molecule has 3 N–H and O–H groups in total. The van der Waals surface area contributed by atoms with Gasteiger partial charge in [0.1, 0.15) is 5.82 Å². The molecule has 1 aromatic heterocycles. The average Bonchev–Trinajstić information content (AvgIpc) is 2.81. The molecule has 192 valence electrons. The number of nitrogens with one attached hydrogen (secondary N) is 2. The first-order valence-electron chi connectivity index (χ1n) is 12.6. The zero-order valence-electron chi connectivity index (χ0n) is 20.6. The first-order chi connectivity index (χ1) is 17.3. The standard InChI is InChI=1S/C27H33FN4O4/c1-36-23-7-5-18(11-21(23)28)22(12-24(33)34)31-26(35)19-13-27(14-19)15-32(16-27)10-8-20-6-4-17-3-2-9-29-25(17)30-20/h4-7,11,19,22H,2-3,8-10,12-16H2,1H3,(H,29,30)(H,31,35)(H,33,34). The van der Waals surface area contributed by atoms with Gasteiger partial charge in [0.15, 0.2) is 11.6 Å². The van der Waals surface area contributed by atoms with Crippen LogP contribution in [0.15, 0.2) is 30.3 Å². The number of ether oxygens (including phenoxy) is 1. The second kappa shape index (κ2) is 10.0. The third-order valence-electron chi connectivity index (χ3n) is 7.76. The van der Waals surface area contributed by atoms with Crippen LogP contribution in [0.1, 0.15) is 48.5 Å². The van der Waals surface area contributed by atoms with Crippen molar-refractivity contribution in [3.8, 4) is 5.75 Å². The lowest BCUT2D eigenvalue weighted by Gasteiger charge is -2.59. The van der Waals surface area contributed by atoms with Crippen LogP contribution in [0.2, 0.25) is 0 Å². The number of methoxy groups -OCH3 is 1. The smallest absolute Gasteiger partial charge is 0.305 e. The molecule has 1 amide bonds. The van der Waals surface area contributed by atoms with E-state index in [1.807, 2.05) is 0 Å². The monoisotopic (exact) mass is 496 g/mol. The zero-order chi connectivity index (χ0) is 25.3. The molecule has 1 saturated heterocycles. The van der Waals surface area contributed by atoms with Crippen molar-refractivity contribution in [3.05, 3.63) is 53.0 Å². The lowest BCUT2D eigenvalue weighted by atomic mass is 9.57. The molecule has 3 aliphatic rings. The molecule has 0 radical (unpaired) electrons. The highest BCUT2D eigenvalue weighted by molar-refractivity contribution is 5.81. The minimum atomic E-state index is -1.06. The molecule has 5 rings (SSSR count). The van der Waals surface area contributed by atoms with Crippen molar-refractivity contribution in [2.45, 2.75) is 44.6 Å². The van der Waals surface area contributed by atoms with Crippen molar-refractivity contribution < 1.29 is 23.8 Å². The van der Waals surface area contributed by atoms with E-state index in [-0.39, 0.29) is 29.4 Å². The van der Waals surface area contributed by atoms with Crippen molar-refractivity contribution in [1.82, 2.24) is 15.2 Å².